The van der Waals surface area contributed by atoms with Crippen molar-refractivity contribution in [3.05, 3.63) is 74.4 Å². The Morgan fingerprint density at radius 3 is 2.70 bits per heavy atom. The number of nitro groups is 1. The number of halogens is 3. The predicted molar refractivity (Wildman–Crippen MR) is 91.8 cm³/mol. The molecular formula is C17H9ClF2N2O5. The number of nitrogens with zero attached hydrogens (tertiary/aromatic N) is 2. The lowest BCUT2D eigenvalue weighted by Crippen LogP contribution is -2.06. The Morgan fingerprint density at radius 1 is 1.26 bits per heavy atom. The fraction of sp³-hybridized carbons (Fsp3) is 0.0588. The minimum absolute atomic E-state index is 0.0810. The molecule has 0 aliphatic carbocycles. The molecule has 3 rings (SSSR count). The molecule has 0 aromatic heterocycles. The highest BCUT2D eigenvalue weighted by atomic mass is 35.5. The van der Waals surface area contributed by atoms with Crippen molar-refractivity contribution in [1.82, 2.24) is 0 Å². The van der Waals surface area contributed by atoms with Gasteiger partial charge in [-0.05, 0) is 24.3 Å². The average molecular weight is 395 g/mol. The number of aliphatic imine (C=N–C) groups is 1. The molecule has 2 aromatic rings. The maximum atomic E-state index is 12.5. The monoisotopic (exact) mass is 394 g/mol. The Bertz CT molecular complexity index is 991. The standard InChI is InChI=1S/C17H9ClF2N2O5/c18-11-6-5-10(8-13(11)22(24)25)15-21-12(16(23)27-15)7-9-3-1-2-4-14(9)26-17(19)20/h1-8,17H/b12-7-. The van der Waals surface area contributed by atoms with Crippen LogP contribution in [0.15, 0.2) is 53.2 Å². The molecule has 138 valence electrons. The first-order valence-electron chi connectivity index (χ1n) is 7.36. The van der Waals surface area contributed by atoms with Gasteiger partial charge in [-0.15, -0.1) is 0 Å². The topological polar surface area (TPSA) is 91.0 Å². The number of nitro benzene ring substituents is 1. The lowest BCUT2D eigenvalue weighted by Gasteiger charge is -2.07. The molecular weight excluding hydrogens is 386 g/mol. The summed E-state index contributed by atoms with van der Waals surface area (Å²) in [6, 6.07) is 9.62. The van der Waals surface area contributed by atoms with Crippen molar-refractivity contribution in [1.29, 1.82) is 0 Å². The number of esters is 1. The molecule has 2 aromatic carbocycles. The van der Waals surface area contributed by atoms with Crippen LogP contribution >= 0.6 is 11.6 Å². The second kappa shape index (κ2) is 7.50. The van der Waals surface area contributed by atoms with Crippen molar-refractivity contribution in [2.24, 2.45) is 4.99 Å². The van der Waals surface area contributed by atoms with Crippen LogP contribution < -0.4 is 4.74 Å². The van der Waals surface area contributed by atoms with Gasteiger partial charge in [0, 0.05) is 17.2 Å². The fourth-order valence-electron chi connectivity index (χ4n) is 2.27. The van der Waals surface area contributed by atoms with E-state index in [1.807, 2.05) is 0 Å². The van der Waals surface area contributed by atoms with Crippen LogP contribution in [-0.4, -0.2) is 23.4 Å². The summed E-state index contributed by atoms with van der Waals surface area (Å²) in [5.41, 5.74) is -0.189. The Hall–Kier alpha value is -3.33. The summed E-state index contributed by atoms with van der Waals surface area (Å²) in [6.45, 7) is -3.03. The lowest BCUT2D eigenvalue weighted by molar-refractivity contribution is -0.384. The van der Waals surface area contributed by atoms with Gasteiger partial charge in [-0.1, -0.05) is 29.8 Å². The zero-order valence-corrected chi connectivity index (χ0v) is 14.0. The van der Waals surface area contributed by atoms with E-state index >= 15 is 0 Å². The molecule has 0 fully saturated rings. The van der Waals surface area contributed by atoms with Crippen LogP contribution in [0.1, 0.15) is 11.1 Å². The molecule has 0 atom stereocenters. The smallest absolute Gasteiger partial charge is 0.387 e. The van der Waals surface area contributed by atoms with Gasteiger partial charge in [-0.2, -0.15) is 8.78 Å². The van der Waals surface area contributed by atoms with Crippen molar-refractivity contribution in [3.63, 3.8) is 0 Å². The van der Waals surface area contributed by atoms with Crippen molar-refractivity contribution in [2.75, 3.05) is 0 Å². The van der Waals surface area contributed by atoms with E-state index in [4.69, 9.17) is 16.3 Å². The molecule has 1 aliphatic rings. The van der Waals surface area contributed by atoms with E-state index in [2.05, 4.69) is 9.73 Å². The van der Waals surface area contributed by atoms with Crippen molar-refractivity contribution in [2.45, 2.75) is 6.61 Å². The first-order valence-corrected chi connectivity index (χ1v) is 7.73. The highest BCUT2D eigenvalue weighted by Crippen LogP contribution is 2.29. The highest BCUT2D eigenvalue weighted by Gasteiger charge is 2.26. The van der Waals surface area contributed by atoms with E-state index in [1.165, 1.54) is 36.4 Å². The van der Waals surface area contributed by atoms with Gasteiger partial charge in [0.25, 0.3) is 5.69 Å². The third-order valence-electron chi connectivity index (χ3n) is 3.44. The maximum Gasteiger partial charge on any atom is 0.387 e. The summed E-state index contributed by atoms with van der Waals surface area (Å²) in [4.78, 5) is 26.3. The summed E-state index contributed by atoms with van der Waals surface area (Å²) in [5.74, 6) is -1.15. The number of hydrogen-bond acceptors (Lipinski definition) is 6. The zero-order valence-electron chi connectivity index (χ0n) is 13.3. The summed E-state index contributed by atoms with van der Waals surface area (Å²) in [7, 11) is 0. The fourth-order valence-corrected chi connectivity index (χ4v) is 2.46. The van der Waals surface area contributed by atoms with Crippen molar-refractivity contribution < 1.29 is 28.0 Å². The quantitative estimate of drug-likeness (QED) is 0.328. The number of hydrogen-bond donors (Lipinski definition) is 0. The van der Waals surface area contributed by atoms with Crippen LogP contribution in [0.5, 0.6) is 5.75 Å². The molecule has 0 saturated heterocycles. The second-order valence-corrected chi connectivity index (χ2v) is 5.58. The molecule has 0 N–H and O–H groups in total. The van der Waals surface area contributed by atoms with Crippen molar-refractivity contribution in [3.8, 4) is 5.75 Å². The van der Waals surface area contributed by atoms with Gasteiger partial charge in [0.05, 0.1) is 4.92 Å². The van der Waals surface area contributed by atoms with E-state index in [1.54, 1.807) is 6.07 Å². The molecule has 1 aliphatic heterocycles. The highest BCUT2D eigenvalue weighted by molar-refractivity contribution is 6.32. The molecule has 27 heavy (non-hydrogen) atoms. The van der Waals surface area contributed by atoms with Crippen molar-refractivity contribution >= 4 is 35.2 Å². The molecule has 0 bridgehead atoms. The Labute approximate surface area is 155 Å². The van der Waals surface area contributed by atoms with E-state index in [-0.39, 0.29) is 39.2 Å². The summed E-state index contributed by atoms with van der Waals surface area (Å²) < 4.78 is 34.4. The Kier molecular flexibility index (Phi) is 5.13. The first kappa shape index (κ1) is 18.5. The van der Waals surface area contributed by atoms with Crippen LogP contribution in [0.2, 0.25) is 5.02 Å². The van der Waals surface area contributed by atoms with Gasteiger partial charge in [0.2, 0.25) is 5.90 Å². The average Bonchev–Trinajstić information content (AvgIpc) is 2.97. The number of cyclic esters (lactones) is 1. The normalized spacial score (nSPS) is 15.0. The molecule has 10 heteroatoms. The SMILES string of the molecule is O=C1OC(c2ccc(Cl)c([N+](=O)[O-])c2)=N/C1=C\c1ccccc1OC(F)F. The van der Waals surface area contributed by atoms with Gasteiger partial charge in [0.1, 0.15) is 10.8 Å². The van der Waals surface area contributed by atoms with Crippen LogP contribution in [0.3, 0.4) is 0 Å². The third-order valence-corrected chi connectivity index (χ3v) is 3.76. The number of para-hydroxylation sites is 1. The predicted octanol–water partition coefficient (Wildman–Crippen LogP) is 4.19. The molecule has 0 saturated carbocycles. The number of ether oxygens (including phenoxy) is 2. The minimum Gasteiger partial charge on any atom is -0.434 e. The summed E-state index contributed by atoms with van der Waals surface area (Å²) in [5, 5.41) is 10.9. The number of alkyl halides is 2. The minimum atomic E-state index is -3.03. The van der Waals surface area contributed by atoms with E-state index in [0.29, 0.717) is 0 Å². The van der Waals surface area contributed by atoms with Gasteiger partial charge in [-0.25, -0.2) is 9.79 Å². The van der Waals surface area contributed by atoms with Crippen LogP contribution in [0, 0.1) is 10.1 Å². The number of carbonyl (C=O) groups excluding carboxylic acids is 1. The van der Waals surface area contributed by atoms with E-state index in [9.17, 15) is 23.7 Å². The maximum absolute atomic E-state index is 12.5. The van der Waals surface area contributed by atoms with E-state index in [0.717, 1.165) is 6.07 Å². The van der Waals surface area contributed by atoms with Crippen LogP contribution in [0.25, 0.3) is 6.08 Å². The van der Waals surface area contributed by atoms with Crippen LogP contribution in [-0.2, 0) is 9.53 Å². The number of carbonyl (C=O) groups is 1. The van der Waals surface area contributed by atoms with Gasteiger partial charge < -0.3 is 9.47 Å². The van der Waals surface area contributed by atoms with Gasteiger partial charge in [-0.3, -0.25) is 10.1 Å². The molecule has 7 nitrogen and oxygen atoms in total. The van der Waals surface area contributed by atoms with Gasteiger partial charge in [0.15, 0.2) is 5.70 Å². The lowest BCUT2D eigenvalue weighted by atomic mass is 10.1. The number of benzene rings is 2. The third kappa shape index (κ3) is 4.09. The van der Waals surface area contributed by atoms with Crippen LogP contribution in [0.4, 0.5) is 14.5 Å². The Balaban J connectivity index is 1.97. The molecule has 0 unspecified atom stereocenters. The molecule has 0 amide bonds. The molecule has 1 heterocycles. The largest absolute Gasteiger partial charge is 0.434 e. The first-order chi connectivity index (χ1) is 12.8. The Morgan fingerprint density at radius 2 is 2.00 bits per heavy atom. The summed E-state index contributed by atoms with van der Waals surface area (Å²) >= 11 is 5.75. The van der Waals surface area contributed by atoms with Gasteiger partial charge >= 0.3 is 12.6 Å². The molecule has 0 radical (unpaired) electrons. The second-order valence-electron chi connectivity index (χ2n) is 5.18. The zero-order chi connectivity index (χ0) is 19.6. The number of rotatable bonds is 5. The molecule has 0 spiro atoms. The summed E-state index contributed by atoms with van der Waals surface area (Å²) in [6.07, 6.45) is 1.22. The van der Waals surface area contributed by atoms with E-state index < -0.39 is 17.5 Å².